The Morgan fingerprint density at radius 1 is 1.43 bits per heavy atom. The van der Waals surface area contributed by atoms with E-state index >= 15 is 0 Å². The van der Waals surface area contributed by atoms with Crippen molar-refractivity contribution in [3.8, 4) is 0 Å². The summed E-state index contributed by atoms with van der Waals surface area (Å²) in [5.74, 6) is 0. The van der Waals surface area contributed by atoms with Gasteiger partial charge in [0.15, 0.2) is 0 Å². The molecule has 0 aliphatic carbocycles. The minimum Gasteiger partial charge on any atom is -0.393 e. The molecule has 1 saturated heterocycles. The summed E-state index contributed by atoms with van der Waals surface area (Å²) in [5.41, 5.74) is 6.39. The van der Waals surface area contributed by atoms with Gasteiger partial charge in [-0.2, -0.15) is 4.31 Å². The second-order valence-corrected chi connectivity index (χ2v) is 7.76. The van der Waals surface area contributed by atoms with E-state index in [0.29, 0.717) is 18.0 Å². The summed E-state index contributed by atoms with van der Waals surface area (Å²) in [5, 5.41) is 0. The zero-order chi connectivity index (χ0) is 15.6. The fourth-order valence-corrected chi connectivity index (χ4v) is 4.14. The van der Waals surface area contributed by atoms with Gasteiger partial charge in [-0.3, -0.25) is 0 Å². The Bertz CT molecular complexity index is 614. The van der Waals surface area contributed by atoms with Crippen LogP contribution in [0.3, 0.4) is 0 Å². The van der Waals surface area contributed by atoms with Gasteiger partial charge in [0, 0.05) is 20.1 Å². The molecule has 1 aromatic rings. The first-order chi connectivity index (χ1) is 9.82. The van der Waals surface area contributed by atoms with Crippen LogP contribution in [-0.2, 0) is 21.2 Å². The second kappa shape index (κ2) is 6.39. The molecule has 1 aliphatic heterocycles. The summed E-state index contributed by atoms with van der Waals surface area (Å²) in [6.45, 7) is 2.49. The van der Waals surface area contributed by atoms with Crippen LogP contribution >= 0.6 is 12.2 Å². The van der Waals surface area contributed by atoms with Gasteiger partial charge in [-0.25, -0.2) is 8.42 Å². The van der Waals surface area contributed by atoms with Crippen LogP contribution in [0, 0.1) is 0 Å². The first-order valence-corrected chi connectivity index (χ1v) is 8.64. The zero-order valence-electron chi connectivity index (χ0n) is 12.2. The molecule has 116 valence electrons. The number of nitrogens with zero attached hydrogens (tertiary/aromatic N) is 1. The molecule has 0 radical (unpaired) electrons. The van der Waals surface area contributed by atoms with Gasteiger partial charge in [-0.1, -0.05) is 24.4 Å². The number of nitrogens with two attached hydrogens (primary N) is 1. The standard InChI is InChI=1S/C14H20N2O3S2/c1-10-13(7-8-19-10)16(2)21(17,18)12-5-3-11(4-6-12)9-14(15)20/h3-6,10,13H,7-9H2,1-2H3,(H2,15,20). The van der Waals surface area contributed by atoms with Crippen molar-refractivity contribution in [1.82, 2.24) is 4.31 Å². The molecule has 5 nitrogen and oxygen atoms in total. The summed E-state index contributed by atoms with van der Waals surface area (Å²) in [6, 6.07) is 6.56. The van der Waals surface area contributed by atoms with Crippen LogP contribution < -0.4 is 5.73 Å². The molecule has 7 heteroatoms. The maximum Gasteiger partial charge on any atom is 0.243 e. The monoisotopic (exact) mass is 328 g/mol. The highest BCUT2D eigenvalue weighted by molar-refractivity contribution is 7.89. The molecule has 0 spiro atoms. The predicted octanol–water partition coefficient (Wildman–Crippen LogP) is 1.31. The quantitative estimate of drug-likeness (QED) is 0.825. The van der Waals surface area contributed by atoms with E-state index in [1.54, 1.807) is 31.3 Å². The maximum absolute atomic E-state index is 12.6. The minimum atomic E-state index is -3.51. The number of hydrogen-bond donors (Lipinski definition) is 1. The average Bonchev–Trinajstić information content (AvgIpc) is 2.84. The number of rotatable bonds is 5. The van der Waals surface area contributed by atoms with Crippen LogP contribution in [0.1, 0.15) is 18.9 Å². The summed E-state index contributed by atoms with van der Waals surface area (Å²) >= 11 is 4.85. The van der Waals surface area contributed by atoms with Crippen LogP contribution in [0.2, 0.25) is 0 Å². The van der Waals surface area contributed by atoms with E-state index in [9.17, 15) is 8.42 Å². The molecule has 1 aromatic carbocycles. The molecule has 1 fully saturated rings. The molecule has 0 amide bonds. The highest BCUT2D eigenvalue weighted by Crippen LogP contribution is 2.24. The van der Waals surface area contributed by atoms with Crippen molar-refractivity contribution in [3.05, 3.63) is 29.8 Å². The average molecular weight is 328 g/mol. The fraction of sp³-hybridized carbons (Fsp3) is 0.500. The molecule has 0 bridgehead atoms. The lowest BCUT2D eigenvalue weighted by atomic mass is 10.1. The Balaban J connectivity index is 2.20. The minimum absolute atomic E-state index is 0.0846. The van der Waals surface area contributed by atoms with Crippen molar-refractivity contribution in [2.24, 2.45) is 5.73 Å². The van der Waals surface area contributed by atoms with Gasteiger partial charge in [0.25, 0.3) is 0 Å². The summed E-state index contributed by atoms with van der Waals surface area (Å²) in [4.78, 5) is 0.662. The summed E-state index contributed by atoms with van der Waals surface area (Å²) in [6.07, 6.45) is 1.11. The van der Waals surface area contributed by atoms with Gasteiger partial charge in [0.05, 0.1) is 22.0 Å². The van der Waals surface area contributed by atoms with E-state index in [1.165, 1.54) is 4.31 Å². The Labute approximate surface area is 131 Å². The Morgan fingerprint density at radius 3 is 2.52 bits per heavy atom. The van der Waals surface area contributed by atoms with Crippen molar-refractivity contribution in [2.45, 2.75) is 36.8 Å². The van der Waals surface area contributed by atoms with Crippen molar-refractivity contribution < 1.29 is 13.2 Å². The first-order valence-electron chi connectivity index (χ1n) is 6.79. The molecular formula is C14H20N2O3S2. The molecule has 2 unspecified atom stereocenters. The van der Waals surface area contributed by atoms with Gasteiger partial charge in [0.2, 0.25) is 10.0 Å². The SMILES string of the molecule is CC1OCCC1N(C)S(=O)(=O)c1ccc(CC(N)=S)cc1. The Hall–Kier alpha value is -1.02. The van der Waals surface area contributed by atoms with Crippen molar-refractivity contribution >= 4 is 27.2 Å². The topological polar surface area (TPSA) is 72.6 Å². The molecular weight excluding hydrogens is 308 g/mol. The highest BCUT2D eigenvalue weighted by atomic mass is 32.2. The molecule has 1 aliphatic rings. The number of hydrogen-bond acceptors (Lipinski definition) is 4. The van der Waals surface area contributed by atoms with Gasteiger partial charge in [0.1, 0.15) is 0 Å². The van der Waals surface area contributed by atoms with Crippen LogP contribution in [0.5, 0.6) is 0 Å². The van der Waals surface area contributed by atoms with Gasteiger partial charge < -0.3 is 10.5 Å². The van der Waals surface area contributed by atoms with E-state index in [1.807, 2.05) is 6.92 Å². The fourth-order valence-electron chi connectivity index (χ4n) is 2.52. The molecule has 21 heavy (non-hydrogen) atoms. The first kappa shape index (κ1) is 16.4. The van der Waals surface area contributed by atoms with Crippen LogP contribution in [0.15, 0.2) is 29.2 Å². The molecule has 2 N–H and O–H groups in total. The summed E-state index contributed by atoms with van der Waals surface area (Å²) < 4.78 is 32.1. The van der Waals surface area contributed by atoms with Gasteiger partial charge in [-0.05, 0) is 31.0 Å². The Kier molecular flexibility index (Phi) is 4.98. The zero-order valence-corrected chi connectivity index (χ0v) is 13.8. The molecule has 0 saturated carbocycles. The van der Waals surface area contributed by atoms with E-state index in [4.69, 9.17) is 22.7 Å². The smallest absolute Gasteiger partial charge is 0.243 e. The lowest BCUT2D eigenvalue weighted by molar-refractivity contribution is 0.102. The van der Waals surface area contributed by atoms with Crippen LogP contribution in [0.25, 0.3) is 0 Å². The normalized spacial score (nSPS) is 22.6. The predicted molar refractivity (Wildman–Crippen MR) is 85.7 cm³/mol. The largest absolute Gasteiger partial charge is 0.393 e. The van der Waals surface area contributed by atoms with Gasteiger partial charge in [-0.15, -0.1) is 0 Å². The van der Waals surface area contributed by atoms with E-state index in [0.717, 1.165) is 12.0 Å². The van der Waals surface area contributed by atoms with Crippen LogP contribution in [-0.4, -0.2) is 43.5 Å². The molecule has 2 atom stereocenters. The second-order valence-electron chi connectivity index (χ2n) is 5.24. The van der Waals surface area contributed by atoms with Crippen LogP contribution in [0.4, 0.5) is 0 Å². The third-order valence-corrected chi connectivity index (χ3v) is 5.82. The highest BCUT2D eigenvalue weighted by Gasteiger charge is 2.35. The molecule has 2 rings (SSSR count). The molecule has 1 heterocycles. The number of sulfonamides is 1. The van der Waals surface area contributed by atoms with E-state index < -0.39 is 10.0 Å². The van der Waals surface area contributed by atoms with Gasteiger partial charge >= 0.3 is 0 Å². The number of benzene rings is 1. The number of likely N-dealkylation sites (N-methyl/N-ethyl adjacent to an activating group) is 1. The third-order valence-electron chi connectivity index (χ3n) is 3.78. The van der Waals surface area contributed by atoms with E-state index in [2.05, 4.69) is 0 Å². The lowest BCUT2D eigenvalue weighted by Crippen LogP contribution is -2.40. The summed E-state index contributed by atoms with van der Waals surface area (Å²) in [7, 11) is -1.91. The lowest BCUT2D eigenvalue weighted by Gasteiger charge is -2.26. The number of ether oxygens (including phenoxy) is 1. The van der Waals surface area contributed by atoms with Crippen molar-refractivity contribution in [1.29, 1.82) is 0 Å². The molecule has 0 aromatic heterocycles. The third kappa shape index (κ3) is 3.60. The number of thiocarbonyl (C=S) groups is 1. The van der Waals surface area contributed by atoms with E-state index in [-0.39, 0.29) is 17.0 Å². The maximum atomic E-state index is 12.6. The Morgan fingerprint density at radius 2 is 2.05 bits per heavy atom. The van der Waals surface area contributed by atoms with Crippen molar-refractivity contribution in [3.63, 3.8) is 0 Å². The van der Waals surface area contributed by atoms with Crippen molar-refractivity contribution in [2.75, 3.05) is 13.7 Å².